The van der Waals surface area contributed by atoms with Gasteiger partial charge < -0.3 is 14.8 Å². The van der Waals surface area contributed by atoms with E-state index in [-0.39, 0.29) is 11.7 Å². The second kappa shape index (κ2) is 12.0. The van der Waals surface area contributed by atoms with Crippen LogP contribution in [0.15, 0.2) is 66.4 Å². The van der Waals surface area contributed by atoms with Crippen LogP contribution in [0.2, 0.25) is 0 Å². The topological polar surface area (TPSA) is 89.2 Å². The SMILES string of the molecule is CCCCOc1cccc(-c2nn(-c3ccccc3)cc2C=C(C#N)C(=O)NCC2CCCO2)c1. The zero-order valence-electron chi connectivity index (χ0n) is 19.9. The number of rotatable bonds is 10. The lowest BCUT2D eigenvalue weighted by Gasteiger charge is -2.10. The lowest BCUT2D eigenvalue weighted by molar-refractivity contribution is -0.117. The largest absolute Gasteiger partial charge is 0.494 e. The van der Waals surface area contributed by atoms with Gasteiger partial charge in [-0.15, -0.1) is 0 Å². The summed E-state index contributed by atoms with van der Waals surface area (Å²) in [6.07, 6.45) is 7.37. The number of carbonyl (C=O) groups excluding carboxylic acids is 1. The first-order chi connectivity index (χ1) is 17.2. The molecule has 1 saturated heterocycles. The van der Waals surface area contributed by atoms with Crippen molar-refractivity contribution in [1.29, 1.82) is 5.26 Å². The number of nitrogens with one attached hydrogen (secondary N) is 1. The number of aromatic nitrogens is 2. The normalized spacial score (nSPS) is 15.5. The molecule has 1 unspecified atom stereocenters. The number of benzene rings is 2. The Bertz CT molecular complexity index is 1200. The van der Waals surface area contributed by atoms with Crippen LogP contribution in [0.3, 0.4) is 0 Å². The molecule has 0 aliphatic carbocycles. The molecule has 1 aromatic heterocycles. The molecule has 1 aliphatic heterocycles. The summed E-state index contributed by atoms with van der Waals surface area (Å²) in [6, 6.07) is 19.5. The number of ether oxygens (including phenoxy) is 2. The number of nitriles is 1. The number of amides is 1. The molecule has 1 atom stereocenters. The molecule has 1 N–H and O–H groups in total. The summed E-state index contributed by atoms with van der Waals surface area (Å²) in [7, 11) is 0. The van der Waals surface area contributed by atoms with Crippen molar-refractivity contribution in [2.45, 2.75) is 38.7 Å². The van der Waals surface area contributed by atoms with Gasteiger partial charge in [0.25, 0.3) is 5.91 Å². The summed E-state index contributed by atoms with van der Waals surface area (Å²) in [5, 5.41) is 17.4. The van der Waals surface area contributed by atoms with Crippen molar-refractivity contribution in [2.24, 2.45) is 0 Å². The highest BCUT2D eigenvalue weighted by Crippen LogP contribution is 2.28. The van der Waals surface area contributed by atoms with E-state index in [9.17, 15) is 10.1 Å². The van der Waals surface area contributed by atoms with E-state index < -0.39 is 5.91 Å². The molecule has 2 heterocycles. The predicted octanol–water partition coefficient (Wildman–Crippen LogP) is 4.92. The van der Waals surface area contributed by atoms with E-state index in [1.807, 2.05) is 66.9 Å². The predicted molar refractivity (Wildman–Crippen MR) is 135 cm³/mol. The van der Waals surface area contributed by atoms with E-state index in [1.165, 1.54) is 0 Å². The standard InChI is InChI=1S/C28H30N4O3/c1-2-3-14-34-25-12-7-9-21(17-25)27-23(20-32(31-27)24-10-5-4-6-11-24)16-22(18-29)28(33)30-19-26-13-8-15-35-26/h4-7,9-12,16-17,20,26H,2-3,8,13-15,19H2,1H3,(H,30,33). The van der Waals surface area contributed by atoms with Gasteiger partial charge in [0.1, 0.15) is 23.1 Å². The summed E-state index contributed by atoms with van der Waals surface area (Å²) in [6.45, 7) is 3.88. The van der Waals surface area contributed by atoms with Crippen molar-refractivity contribution < 1.29 is 14.3 Å². The van der Waals surface area contributed by atoms with Crippen molar-refractivity contribution in [3.8, 4) is 28.8 Å². The van der Waals surface area contributed by atoms with Crippen LogP contribution < -0.4 is 10.1 Å². The van der Waals surface area contributed by atoms with Crippen molar-refractivity contribution in [3.63, 3.8) is 0 Å². The summed E-state index contributed by atoms with van der Waals surface area (Å²) < 4.78 is 13.2. The third kappa shape index (κ3) is 6.37. The van der Waals surface area contributed by atoms with Gasteiger partial charge in [-0.1, -0.05) is 43.7 Å². The summed E-state index contributed by atoms with van der Waals surface area (Å²) >= 11 is 0. The maximum Gasteiger partial charge on any atom is 0.262 e. The first-order valence-corrected chi connectivity index (χ1v) is 12.1. The van der Waals surface area contributed by atoms with Gasteiger partial charge in [-0.25, -0.2) is 4.68 Å². The van der Waals surface area contributed by atoms with Crippen molar-refractivity contribution in [1.82, 2.24) is 15.1 Å². The fourth-order valence-corrected chi connectivity index (χ4v) is 3.91. The molecule has 0 bridgehead atoms. The van der Waals surface area contributed by atoms with Crippen LogP contribution in [0, 0.1) is 11.3 Å². The average molecular weight is 471 g/mol. The first-order valence-electron chi connectivity index (χ1n) is 12.1. The van der Waals surface area contributed by atoms with Crippen LogP contribution in [0.1, 0.15) is 38.2 Å². The Morgan fingerprint density at radius 1 is 1.29 bits per heavy atom. The van der Waals surface area contributed by atoms with Crippen molar-refractivity contribution in [3.05, 3.63) is 71.9 Å². The molecule has 180 valence electrons. The molecular formula is C28H30N4O3. The van der Waals surface area contributed by atoms with Crippen LogP contribution in [0.5, 0.6) is 5.75 Å². The Balaban J connectivity index is 1.66. The van der Waals surface area contributed by atoms with Crippen LogP contribution in [-0.2, 0) is 9.53 Å². The Hall–Kier alpha value is -3.89. The first kappa shape index (κ1) is 24.2. The molecular weight excluding hydrogens is 440 g/mol. The van der Waals surface area contributed by atoms with Crippen LogP contribution in [0.25, 0.3) is 23.0 Å². The number of carbonyl (C=O) groups is 1. The molecule has 1 fully saturated rings. The van der Waals surface area contributed by atoms with Gasteiger partial charge >= 0.3 is 0 Å². The maximum absolute atomic E-state index is 12.8. The number of hydrogen-bond donors (Lipinski definition) is 1. The second-order valence-corrected chi connectivity index (χ2v) is 8.46. The van der Waals surface area contributed by atoms with Gasteiger partial charge in [0.05, 0.1) is 18.4 Å². The van der Waals surface area contributed by atoms with E-state index in [4.69, 9.17) is 14.6 Å². The monoisotopic (exact) mass is 470 g/mol. The fourth-order valence-electron chi connectivity index (χ4n) is 3.91. The highest BCUT2D eigenvalue weighted by Gasteiger charge is 2.19. The molecule has 3 aromatic rings. The van der Waals surface area contributed by atoms with Gasteiger partial charge in [-0.2, -0.15) is 10.4 Å². The van der Waals surface area contributed by atoms with Gasteiger partial charge in [-0.05, 0) is 49.6 Å². The van der Waals surface area contributed by atoms with E-state index in [0.29, 0.717) is 31.0 Å². The van der Waals surface area contributed by atoms with Crippen LogP contribution in [0.4, 0.5) is 0 Å². The molecule has 0 radical (unpaired) electrons. The van der Waals surface area contributed by atoms with E-state index in [2.05, 4.69) is 12.2 Å². The van der Waals surface area contributed by atoms with Crippen molar-refractivity contribution >= 4 is 12.0 Å². The molecule has 1 aliphatic rings. The minimum absolute atomic E-state index is 0.00531. The van der Waals surface area contributed by atoms with Crippen molar-refractivity contribution in [2.75, 3.05) is 19.8 Å². The van der Waals surface area contributed by atoms with E-state index in [1.54, 1.807) is 10.8 Å². The fraction of sp³-hybridized carbons (Fsp3) is 0.321. The lowest BCUT2D eigenvalue weighted by atomic mass is 10.1. The van der Waals surface area contributed by atoms with Gasteiger partial charge in [0, 0.05) is 30.5 Å². The van der Waals surface area contributed by atoms with Gasteiger partial charge in [-0.3, -0.25) is 4.79 Å². The number of para-hydroxylation sites is 1. The molecule has 0 spiro atoms. The summed E-state index contributed by atoms with van der Waals surface area (Å²) in [4.78, 5) is 12.8. The molecule has 2 aromatic carbocycles. The number of unbranched alkanes of at least 4 members (excludes halogenated alkanes) is 1. The Morgan fingerprint density at radius 2 is 2.14 bits per heavy atom. The smallest absolute Gasteiger partial charge is 0.262 e. The molecule has 7 heteroatoms. The zero-order valence-corrected chi connectivity index (χ0v) is 19.9. The molecule has 7 nitrogen and oxygen atoms in total. The number of hydrogen-bond acceptors (Lipinski definition) is 5. The second-order valence-electron chi connectivity index (χ2n) is 8.46. The van der Waals surface area contributed by atoms with E-state index >= 15 is 0 Å². The maximum atomic E-state index is 12.8. The van der Waals surface area contributed by atoms with Gasteiger partial charge in [0.2, 0.25) is 0 Å². The third-order valence-corrected chi connectivity index (χ3v) is 5.82. The summed E-state index contributed by atoms with van der Waals surface area (Å²) in [5.74, 6) is 0.341. The van der Waals surface area contributed by atoms with E-state index in [0.717, 1.165) is 42.7 Å². The molecule has 1 amide bonds. The quantitative estimate of drug-likeness (QED) is 0.258. The van der Waals surface area contributed by atoms with Crippen LogP contribution in [-0.4, -0.2) is 41.6 Å². The third-order valence-electron chi connectivity index (χ3n) is 5.82. The molecule has 0 saturated carbocycles. The number of nitrogens with zero attached hydrogens (tertiary/aromatic N) is 3. The minimum Gasteiger partial charge on any atom is -0.494 e. The average Bonchev–Trinajstić information content (AvgIpc) is 3.57. The minimum atomic E-state index is -0.418. The van der Waals surface area contributed by atoms with Crippen LogP contribution >= 0.6 is 0 Å². The van der Waals surface area contributed by atoms with Gasteiger partial charge in [0.15, 0.2) is 0 Å². The lowest BCUT2D eigenvalue weighted by Crippen LogP contribution is -2.32. The highest BCUT2D eigenvalue weighted by atomic mass is 16.5. The Labute approximate surface area is 206 Å². The summed E-state index contributed by atoms with van der Waals surface area (Å²) in [5.41, 5.74) is 3.08. The Morgan fingerprint density at radius 3 is 2.89 bits per heavy atom. The highest BCUT2D eigenvalue weighted by molar-refractivity contribution is 6.02. The molecule has 35 heavy (non-hydrogen) atoms. The zero-order chi connectivity index (χ0) is 24.5. The molecule has 4 rings (SSSR count). The Kier molecular flexibility index (Phi) is 8.31.